The summed E-state index contributed by atoms with van der Waals surface area (Å²) in [6.07, 6.45) is 1.31. The summed E-state index contributed by atoms with van der Waals surface area (Å²) >= 11 is 0. The van der Waals surface area contributed by atoms with Gasteiger partial charge in [0.15, 0.2) is 0 Å². The van der Waals surface area contributed by atoms with Crippen molar-refractivity contribution in [1.29, 1.82) is 0 Å². The zero-order valence-corrected chi connectivity index (χ0v) is 6.62. The molecule has 0 aromatic carbocycles. The summed E-state index contributed by atoms with van der Waals surface area (Å²) in [5.41, 5.74) is 0. The fourth-order valence-corrected chi connectivity index (χ4v) is 2.27. The standard InChI is InChI=1S/C8H11NO3/c10-6-2-1-4-5(6)3-9-7(4)8(11)12/h4-5,7,9H,1-3H2,(H,11,12)/t4-,5-,7-/m1/s1. The second-order valence-corrected chi connectivity index (χ2v) is 3.50. The maximum atomic E-state index is 11.2. The molecule has 0 amide bonds. The van der Waals surface area contributed by atoms with Crippen LogP contribution in [-0.4, -0.2) is 29.4 Å². The van der Waals surface area contributed by atoms with Crippen molar-refractivity contribution < 1.29 is 14.7 Å². The second kappa shape index (κ2) is 2.55. The van der Waals surface area contributed by atoms with Crippen LogP contribution >= 0.6 is 0 Å². The van der Waals surface area contributed by atoms with Crippen molar-refractivity contribution in [1.82, 2.24) is 5.32 Å². The average molecular weight is 169 g/mol. The van der Waals surface area contributed by atoms with Gasteiger partial charge in [0, 0.05) is 18.9 Å². The van der Waals surface area contributed by atoms with Crippen molar-refractivity contribution in [2.45, 2.75) is 18.9 Å². The number of Topliss-reactive ketones (excluding diaryl/α,β-unsaturated/α-hetero) is 1. The molecule has 1 heterocycles. The summed E-state index contributed by atoms with van der Waals surface area (Å²) in [6, 6.07) is -0.485. The third-order valence-corrected chi connectivity index (χ3v) is 2.91. The van der Waals surface area contributed by atoms with Gasteiger partial charge in [-0.25, -0.2) is 0 Å². The Morgan fingerprint density at radius 1 is 1.58 bits per heavy atom. The zero-order chi connectivity index (χ0) is 8.72. The zero-order valence-electron chi connectivity index (χ0n) is 6.62. The smallest absolute Gasteiger partial charge is 0.321 e. The highest BCUT2D eigenvalue weighted by molar-refractivity contribution is 5.86. The lowest BCUT2D eigenvalue weighted by Crippen LogP contribution is -2.35. The fourth-order valence-electron chi connectivity index (χ4n) is 2.27. The van der Waals surface area contributed by atoms with Gasteiger partial charge in [-0.1, -0.05) is 0 Å². The molecule has 0 aromatic rings. The highest BCUT2D eigenvalue weighted by Gasteiger charge is 2.46. The predicted molar refractivity (Wildman–Crippen MR) is 40.6 cm³/mol. The van der Waals surface area contributed by atoms with Crippen molar-refractivity contribution in [3.63, 3.8) is 0 Å². The van der Waals surface area contributed by atoms with E-state index in [2.05, 4.69) is 5.32 Å². The van der Waals surface area contributed by atoms with E-state index >= 15 is 0 Å². The van der Waals surface area contributed by atoms with Crippen molar-refractivity contribution in [2.75, 3.05) is 6.54 Å². The number of rotatable bonds is 1. The largest absolute Gasteiger partial charge is 0.480 e. The van der Waals surface area contributed by atoms with Crippen molar-refractivity contribution in [2.24, 2.45) is 11.8 Å². The summed E-state index contributed by atoms with van der Waals surface area (Å²) in [4.78, 5) is 21.9. The van der Waals surface area contributed by atoms with E-state index in [1.54, 1.807) is 0 Å². The topological polar surface area (TPSA) is 66.4 Å². The van der Waals surface area contributed by atoms with Gasteiger partial charge in [0.1, 0.15) is 11.8 Å². The molecule has 2 N–H and O–H groups in total. The molecule has 4 heteroatoms. The maximum Gasteiger partial charge on any atom is 0.321 e. The molecular weight excluding hydrogens is 158 g/mol. The molecule has 1 aliphatic carbocycles. The fraction of sp³-hybridized carbons (Fsp3) is 0.750. The molecule has 2 fully saturated rings. The van der Waals surface area contributed by atoms with Gasteiger partial charge in [-0.05, 0) is 12.3 Å². The minimum Gasteiger partial charge on any atom is -0.480 e. The SMILES string of the molecule is O=C1CC[C@@H]2[C@H]1CN[C@H]2C(=O)O. The number of ketones is 1. The number of nitrogens with one attached hydrogen (secondary N) is 1. The van der Waals surface area contributed by atoms with E-state index in [4.69, 9.17) is 5.11 Å². The van der Waals surface area contributed by atoms with Crippen molar-refractivity contribution in [3.8, 4) is 0 Å². The molecule has 0 spiro atoms. The minimum atomic E-state index is -0.822. The van der Waals surface area contributed by atoms with Gasteiger partial charge in [-0.15, -0.1) is 0 Å². The number of hydrogen-bond acceptors (Lipinski definition) is 3. The number of carbonyl (C=O) groups is 2. The number of fused-ring (bicyclic) bond motifs is 1. The molecule has 0 unspecified atom stereocenters. The Balaban J connectivity index is 2.15. The first-order valence-electron chi connectivity index (χ1n) is 4.19. The Hall–Kier alpha value is -0.900. The summed E-state index contributed by atoms with van der Waals surface area (Å²) in [6.45, 7) is 0.556. The van der Waals surface area contributed by atoms with Crippen LogP contribution in [0.25, 0.3) is 0 Å². The molecule has 2 rings (SSSR count). The quantitative estimate of drug-likeness (QED) is 0.562. The van der Waals surface area contributed by atoms with Crippen LogP contribution in [0, 0.1) is 11.8 Å². The number of carbonyl (C=O) groups excluding carboxylic acids is 1. The Kier molecular flexibility index (Phi) is 1.65. The molecule has 2 aliphatic rings. The van der Waals surface area contributed by atoms with E-state index in [0.717, 1.165) is 6.42 Å². The molecular formula is C8H11NO3. The lowest BCUT2D eigenvalue weighted by molar-refractivity contribution is -0.140. The highest BCUT2D eigenvalue weighted by Crippen LogP contribution is 2.35. The maximum absolute atomic E-state index is 11.2. The molecule has 1 saturated heterocycles. The van der Waals surface area contributed by atoms with E-state index < -0.39 is 12.0 Å². The summed E-state index contributed by atoms with van der Waals surface area (Å²) in [7, 11) is 0. The lowest BCUT2D eigenvalue weighted by atomic mass is 9.94. The van der Waals surface area contributed by atoms with Crippen LogP contribution in [0.1, 0.15) is 12.8 Å². The van der Waals surface area contributed by atoms with Crippen LogP contribution < -0.4 is 5.32 Å². The molecule has 3 atom stereocenters. The van der Waals surface area contributed by atoms with Crippen LogP contribution in [0.4, 0.5) is 0 Å². The minimum absolute atomic E-state index is 0.0221. The predicted octanol–water partition coefficient (Wildman–Crippen LogP) is -0.362. The summed E-state index contributed by atoms with van der Waals surface area (Å²) in [5, 5.41) is 11.6. The van der Waals surface area contributed by atoms with Gasteiger partial charge in [0.2, 0.25) is 0 Å². The Bertz CT molecular complexity index is 238. The molecule has 12 heavy (non-hydrogen) atoms. The molecule has 1 saturated carbocycles. The Morgan fingerprint density at radius 2 is 2.33 bits per heavy atom. The summed E-state index contributed by atoms with van der Waals surface area (Å²) in [5.74, 6) is -0.561. The first-order chi connectivity index (χ1) is 5.70. The lowest BCUT2D eigenvalue weighted by Gasteiger charge is -2.11. The van der Waals surface area contributed by atoms with Crippen molar-refractivity contribution >= 4 is 11.8 Å². The second-order valence-electron chi connectivity index (χ2n) is 3.50. The highest BCUT2D eigenvalue weighted by atomic mass is 16.4. The molecule has 0 aromatic heterocycles. The van der Waals surface area contributed by atoms with Gasteiger partial charge in [0.05, 0.1) is 0 Å². The monoisotopic (exact) mass is 169 g/mol. The molecule has 66 valence electrons. The average Bonchev–Trinajstić information content (AvgIpc) is 2.53. The number of carboxylic acid groups (broad SMARTS) is 1. The van der Waals surface area contributed by atoms with E-state index in [9.17, 15) is 9.59 Å². The van der Waals surface area contributed by atoms with E-state index in [0.29, 0.717) is 13.0 Å². The van der Waals surface area contributed by atoms with Crippen LogP contribution in [0.3, 0.4) is 0 Å². The third kappa shape index (κ3) is 0.948. The Morgan fingerprint density at radius 3 is 3.00 bits per heavy atom. The van der Waals surface area contributed by atoms with Gasteiger partial charge in [-0.3, -0.25) is 9.59 Å². The van der Waals surface area contributed by atoms with Crippen LogP contribution in [0.15, 0.2) is 0 Å². The first-order valence-corrected chi connectivity index (χ1v) is 4.19. The first kappa shape index (κ1) is 7.73. The van der Waals surface area contributed by atoms with E-state index in [-0.39, 0.29) is 17.6 Å². The van der Waals surface area contributed by atoms with Crippen LogP contribution in [0.2, 0.25) is 0 Å². The Labute approximate surface area is 69.9 Å². The third-order valence-electron chi connectivity index (χ3n) is 2.91. The number of aliphatic carboxylic acids is 1. The molecule has 1 aliphatic heterocycles. The van der Waals surface area contributed by atoms with Gasteiger partial charge in [0.25, 0.3) is 0 Å². The van der Waals surface area contributed by atoms with Crippen LogP contribution in [0.5, 0.6) is 0 Å². The van der Waals surface area contributed by atoms with Gasteiger partial charge < -0.3 is 10.4 Å². The van der Waals surface area contributed by atoms with E-state index in [1.165, 1.54) is 0 Å². The summed E-state index contributed by atoms with van der Waals surface area (Å²) < 4.78 is 0. The molecule has 0 bridgehead atoms. The molecule has 4 nitrogen and oxygen atoms in total. The van der Waals surface area contributed by atoms with Gasteiger partial charge >= 0.3 is 5.97 Å². The number of hydrogen-bond donors (Lipinski definition) is 2. The number of carboxylic acids is 1. The van der Waals surface area contributed by atoms with Gasteiger partial charge in [-0.2, -0.15) is 0 Å². The molecule has 0 radical (unpaired) electrons. The van der Waals surface area contributed by atoms with Crippen molar-refractivity contribution in [3.05, 3.63) is 0 Å². The van der Waals surface area contributed by atoms with Crippen LogP contribution in [-0.2, 0) is 9.59 Å². The van der Waals surface area contributed by atoms with E-state index in [1.807, 2.05) is 0 Å². The normalized spacial score (nSPS) is 40.0.